The second-order valence-electron chi connectivity index (χ2n) is 4.75. The van der Waals surface area contributed by atoms with E-state index in [1.165, 1.54) is 12.8 Å². The molecule has 1 saturated heterocycles. The Morgan fingerprint density at radius 1 is 1.56 bits per heavy atom. The van der Waals surface area contributed by atoms with Gasteiger partial charge in [0.15, 0.2) is 0 Å². The van der Waals surface area contributed by atoms with Crippen molar-refractivity contribution < 1.29 is 4.42 Å². The lowest BCUT2D eigenvalue weighted by atomic mass is 10.1. The minimum absolute atomic E-state index is 0.596. The topological polar surface area (TPSA) is 28.4 Å². The average molecular weight is 222 g/mol. The lowest BCUT2D eigenvalue weighted by Gasteiger charge is -2.38. The van der Waals surface area contributed by atoms with Crippen molar-refractivity contribution in [1.82, 2.24) is 10.2 Å². The highest BCUT2D eigenvalue weighted by molar-refractivity contribution is 4.99. The molecule has 0 aliphatic carbocycles. The van der Waals surface area contributed by atoms with E-state index in [2.05, 4.69) is 30.1 Å². The fraction of sp³-hybridized carbons (Fsp3) is 0.692. The largest absolute Gasteiger partial charge is 0.468 e. The zero-order valence-corrected chi connectivity index (χ0v) is 10.3. The van der Waals surface area contributed by atoms with Crippen LogP contribution in [0.1, 0.15) is 32.4 Å². The molecule has 0 radical (unpaired) electrons. The highest BCUT2D eigenvalue weighted by Crippen LogP contribution is 2.14. The Balaban J connectivity index is 1.91. The molecule has 0 bridgehead atoms. The second-order valence-corrected chi connectivity index (χ2v) is 4.75. The number of hydrogen-bond acceptors (Lipinski definition) is 3. The fourth-order valence-corrected chi connectivity index (χ4v) is 2.36. The van der Waals surface area contributed by atoms with Crippen LogP contribution in [0.5, 0.6) is 0 Å². The predicted molar refractivity (Wildman–Crippen MR) is 65.3 cm³/mol. The normalized spacial score (nSPS) is 27.1. The van der Waals surface area contributed by atoms with Crippen molar-refractivity contribution in [3.8, 4) is 0 Å². The van der Waals surface area contributed by atoms with Crippen LogP contribution in [0.15, 0.2) is 22.8 Å². The van der Waals surface area contributed by atoms with Crippen LogP contribution in [0.2, 0.25) is 0 Å². The van der Waals surface area contributed by atoms with Gasteiger partial charge < -0.3 is 9.73 Å². The van der Waals surface area contributed by atoms with Crippen molar-refractivity contribution >= 4 is 0 Å². The van der Waals surface area contributed by atoms with Crippen LogP contribution in [-0.4, -0.2) is 30.1 Å². The van der Waals surface area contributed by atoms with E-state index in [9.17, 15) is 0 Å². The summed E-state index contributed by atoms with van der Waals surface area (Å²) in [6.07, 6.45) is 4.27. The standard InChI is InChI=1S/C13H22N2O/c1-3-5-12-9-15(11(2)8-14-12)10-13-6-4-7-16-13/h4,6-7,11-12,14H,3,5,8-10H2,1-2H3. The van der Waals surface area contributed by atoms with Gasteiger partial charge in [-0.05, 0) is 25.5 Å². The maximum Gasteiger partial charge on any atom is 0.117 e. The summed E-state index contributed by atoms with van der Waals surface area (Å²) in [5.41, 5.74) is 0. The summed E-state index contributed by atoms with van der Waals surface area (Å²) >= 11 is 0. The molecule has 2 atom stereocenters. The maximum absolute atomic E-state index is 5.42. The van der Waals surface area contributed by atoms with E-state index < -0.39 is 0 Å². The minimum Gasteiger partial charge on any atom is -0.468 e. The fourth-order valence-electron chi connectivity index (χ4n) is 2.36. The Hall–Kier alpha value is -0.800. The molecular formula is C13H22N2O. The van der Waals surface area contributed by atoms with Crippen LogP contribution >= 0.6 is 0 Å². The molecule has 2 rings (SSSR count). The zero-order chi connectivity index (χ0) is 11.4. The van der Waals surface area contributed by atoms with Gasteiger partial charge in [0.25, 0.3) is 0 Å². The number of nitrogens with zero attached hydrogens (tertiary/aromatic N) is 1. The lowest BCUT2D eigenvalue weighted by Crippen LogP contribution is -2.54. The van der Waals surface area contributed by atoms with Gasteiger partial charge in [-0.15, -0.1) is 0 Å². The number of piperazine rings is 1. The Morgan fingerprint density at radius 2 is 2.44 bits per heavy atom. The first-order valence-corrected chi connectivity index (χ1v) is 6.29. The molecule has 16 heavy (non-hydrogen) atoms. The van der Waals surface area contributed by atoms with Crippen molar-refractivity contribution in [3.63, 3.8) is 0 Å². The molecule has 2 unspecified atom stereocenters. The molecule has 0 aromatic carbocycles. The molecule has 1 aromatic heterocycles. The Bertz CT molecular complexity index is 297. The molecule has 90 valence electrons. The quantitative estimate of drug-likeness (QED) is 0.847. The molecule has 0 spiro atoms. The minimum atomic E-state index is 0.596. The maximum atomic E-state index is 5.42. The smallest absolute Gasteiger partial charge is 0.117 e. The first-order valence-electron chi connectivity index (χ1n) is 6.29. The van der Waals surface area contributed by atoms with Crippen molar-refractivity contribution in [2.75, 3.05) is 13.1 Å². The number of nitrogens with one attached hydrogen (secondary N) is 1. The van der Waals surface area contributed by atoms with Crippen LogP contribution < -0.4 is 5.32 Å². The van der Waals surface area contributed by atoms with Crippen molar-refractivity contribution in [2.45, 2.75) is 45.3 Å². The first-order chi connectivity index (χ1) is 7.79. The molecule has 0 amide bonds. The van der Waals surface area contributed by atoms with Gasteiger partial charge in [-0.25, -0.2) is 0 Å². The summed E-state index contributed by atoms with van der Waals surface area (Å²) in [4.78, 5) is 2.51. The highest BCUT2D eigenvalue weighted by Gasteiger charge is 2.24. The van der Waals surface area contributed by atoms with E-state index in [0.29, 0.717) is 12.1 Å². The summed E-state index contributed by atoms with van der Waals surface area (Å²) in [7, 11) is 0. The van der Waals surface area contributed by atoms with E-state index >= 15 is 0 Å². The van der Waals surface area contributed by atoms with Gasteiger partial charge in [0.1, 0.15) is 5.76 Å². The Labute approximate surface area is 97.8 Å². The van der Waals surface area contributed by atoms with Gasteiger partial charge in [-0.2, -0.15) is 0 Å². The number of hydrogen-bond donors (Lipinski definition) is 1. The van der Waals surface area contributed by atoms with Gasteiger partial charge in [0.05, 0.1) is 12.8 Å². The average Bonchev–Trinajstić information content (AvgIpc) is 2.76. The van der Waals surface area contributed by atoms with Gasteiger partial charge in [0, 0.05) is 25.2 Å². The molecule has 1 fully saturated rings. The van der Waals surface area contributed by atoms with Crippen LogP contribution in [0, 0.1) is 0 Å². The van der Waals surface area contributed by atoms with Gasteiger partial charge in [-0.3, -0.25) is 4.90 Å². The third-order valence-electron chi connectivity index (χ3n) is 3.36. The Morgan fingerprint density at radius 3 is 3.12 bits per heavy atom. The van der Waals surface area contributed by atoms with Crippen LogP contribution in [-0.2, 0) is 6.54 Å². The van der Waals surface area contributed by atoms with Crippen LogP contribution in [0.4, 0.5) is 0 Å². The van der Waals surface area contributed by atoms with E-state index in [1.807, 2.05) is 6.07 Å². The molecule has 1 aliphatic rings. The Kier molecular flexibility index (Phi) is 4.02. The SMILES string of the molecule is CCCC1CN(Cc2ccco2)C(C)CN1. The highest BCUT2D eigenvalue weighted by atomic mass is 16.3. The van der Waals surface area contributed by atoms with Crippen molar-refractivity contribution in [2.24, 2.45) is 0 Å². The first kappa shape index (κ1) is 11.7. The molecule has 0 saturated carbocycles. The molecular weight excluding hydrogens is 200 g/mol. The summed E-state index contributed by atoms with van der Waals surface area (Å²) in [5.74, 6) is 1.07. The predicted octanol–water partition coefficient (Wildman–Crippen LogP) is 2.24. The second kappa shape index (κ2) is 5.51. The summed E-state index contributed by atoms with van der Waals surface area (Å²) in [6, 6.07) is 5.27. The number of furan rings is 1. The summed E-state index contributed by atoms with van der Waals surface area (Å²) in [5, 5.41) is 3.61. The third kappa shape index (κ3) is 2.86. The van der Waals surface area contributed by atoms with Crippen molar-refractivity contribution in [1.29, 1.82) is 0 Å². The van der Waals surface area contributed by atoms with Gasteiger partial charge in [-0.1, -0.05) is 13.3 Å². The molecule has 3 heteroatoms. The van der Waals surface area contributed by atoms with Crippen LogP contribution in [0.25, 0.3) is 0 Å². The summed E-state index contributed by atoms with van der Waals surface area (Å²) in [6.45, 7) is 7.69. The van der Waals surface area contributed by atoms with Crippen LogP contribution in [0.3, 0.4) is 0 Å². The molecule has 3 nitrogen and oxygen atoms in total. The lowest BCUT2D eigenvalue weighted by molar-refractivity contribution is 0.120. The monoisotopic (exact) mass is 222 g/mol. The van der Waals surface area contributed by atoms with Gasteiger partial charge in [0.2, 0.25) is 0 Å². The van der Waals surface area contributed by atoms with E-state index in [0.717, 1.165) is 25.4 Å². The molecule has 1 aliphatic heterocycles. The molecule has 1 N–H and O–H groups in total. The molecule has 2 heterocycles. The van der Waals surface area contributed by atoms with Crippen molar-refractivity contribution in [3.05, 3.63) is 24.2 Å². The van der Waals surface area contributed by atoms with E-state index in [4.69, 9.17) is 4.42 Å². The summed E-state index contributed by atoms with van der Waals surface area (Å²) < 4.78 is 5.42. The number of rotatable bonds is 4. The molecule has 1 aromatic rings. The zero-order valence-electron chi connectivity index (χ0n) is 10.3. The van der Waals surface area contributed by atoms with E-state index in [-0.39, 0.29) is 0 Å². The van der Waals surface area contributed by atoms with E-state index in [1.54, 1.807) is 6.26 Å². The van der Waals surface area contributed by atoms with Gasteiger partial charge >= 0.3 is 0 Å². The third-order valence-corrected chi connectivity index (χ3v) is 3.36.